The van der Waals surface area contributed by atoms with Crippen LogP contribution in [0.5, 0.6) is 0 Å². The quantitative estimate of drug-likeness (QED) is 0.853. The maximum atomic E-state index is 13.4. The molecule has 1 fully saturated rings. The van der Waals surface area contributed by atoms with Gasteiger partial charge in [-0.1, -0.05) is 0 Å². The van der Waals surface area contributed by atoms with Crippen LogP contribution >= 0.6 is 0 Å². The molecule has 1 saturated heterocycles. The number of amides is 2. The third-order valence-corrected chi connectivity index (χ3v) is 3.54. The summed E-state index contributed by atoms with van der Waals surface area (Å²) in [5, 5.41) is 2.46. The Hall–Kier alpha value is -2.25. The van der Waals surface area contributed by atoms with Crippen LogP contribution in [-0.4, -0.2) is 54.3 Å². The topological polar surface area (TPSA) is 52.7 Å². The van der Waals surface area contributed by atoms with Crippen molar-refractivity contribution in [1.29, 1.82) is 0 Å². The summed E-state index contributed by atoms with van der Waals surface area (Å²) < 4.78 is 39.3. The fraction of sp³-hybridized carbons (Fsp3) is 0.429. The standard InChI is InChI=1S/C14H16F3N3O2/c1-9(21)19-4-6-20(7-5-19)12(22)8-18-11-3-2-10(15)13(16)14(11)17/h2-3,18H,4-8H2,1H3. The largest absolute Gasteiger partial charge is 0.374 e. The Kier molecular flexibility index (Phi) is 4.89. The minimum absolute atomic E-state index is 0.0471. The van der Waals surface area contributed by atoms with Crippen LogP contribution in [0.2, 0.25) is 0 Å². The van der Waals surface area contributed by atoms with Gasteiger partial charge in [-0.2, -0.15) is 0 Å². The number of hydrogen-bond acceptors (Lipinski definition) is 3. The number of carbonyl (C=O) groups is 2. The normalized spacial score (nSPS) is 14.9. The summed E-state index contributed by atoms with van der Waals surface area (Å²) in [4.78, 5) is 26.3. The van der Waals surface area contributed by atoms with Crippen molar-refractivity contribution < 1.29 is 22.8 Å². The smallest absolute Gasteiger partial charge is 0.241 e. The molecule has 1 aromatic rings. The highest BCUT2D eigenvalue weighted by atomic mass is 19.2. The molecule has 0 atom stereocenters. The van der Waals surface area contributed by atoms with Crippen LogP contribution in [0.15, 0.2) is 12.1 Å². The van der Waals surface area contributed by atoms with E-state index in [0.717, 1.165) is 12.1 Å². The molecule has 0 aromatic heterocycles. The molecule has 120 valence electrons. The Morgan fingerprint density at radius 3 is 2.23 bits per heavy atom. The molecular formula is C14H16F3N3O2. The van der Waals surface area contributed by atoms with E-state index in [1.54, 1.807) is 4.90 Å². The molecule has 0 spiro atoms. The highest BCUT2D eigenvalue weighted by Gasteiger charge is 2.22. The van der Waals surface area contributed by atoms with Gasteiger partial charge >= 0.3 is 0 Å². The molecule has 0 bridgehead atoms. The number of nitrogens with one attached hydrogen (secondary N) is 1. The maximum Gasteiger partial charge on any atom is 0.241 e. The van der Waals surface area contributed by atoms with Crippen molar-refractivity contribution in [3.63, 3.8) is 0 Å². The van der Waals surface area contributed by atoms with Crippen LogP contribution < -0.4 is 5.32 Å². The molecule has 0 unspecified atom stereocenters. The number of piperazine rings is 1. The molecular weight excluding hydrogens is 299 g/mol. The monoisotopic (exact) mass is 315 g/mol. The van der Waals surface area contributed by atoms with Crippen LogP contribution in [0.25, 0.3) is 0 Å². The molecule has 5 nitrogen and oxygen atoms in total. The van der Waals surface area contributed by atoms with Gasteiger partial charge in [-0.05, 0) is 12.1 Å². The van der Waals surface area contributed by atoms with Gasteiger partial charge in [0.15, 0.2) is 17.5 Å². The molecule has 0 aliphatic carbocycles. The van der Waals surface area contributed by atoms with Crippen molar-refractivity contribution in [3.8, 4) is 0 Å². The first-order valence-electron chi connectivity index (χ1n) is 6.81. The van der Waals surface area contributed by atoms with E-state index in [1.807, 2.05) is 0 Å². The first-order valence-corrected chi connectivity index (χ1v) is 6.81. The maximum absolute atomic E-state index is 13.4. The minimum atomic E-state index is -1.58. The number of hydrogen-bond donors (Lipinski definition) is 1. The number of nitrogens with zero attached hydrogens (tertiary/aromatic N) is 2. The molecule has 0 radical (unpaired) electrons. The molecule has 2 rings (SSSR count). The molecule has 1 heterocycles. The molecule has 1 aliphatic rings. The lowest BCUT2D eigenvalue weighted by atomic mass is 10.2. The van der Waals surface area contributed by atoms with Gasteiger partial charge in [0.2, 0.25) is 11.8 Å². The molecule has 2 amide bonds. The summed E-state index contributed by atoms with van der Waals surface area (Å²) in [6.45, 7) is 2.90. The Bertz CT molecular complexity index is 587. The van der Waals surface area contributed by atoms with Crippen LogP contribution in [0.1, 0.15) is 6.92 Å². The SMILES string of the molecule is CC(=O)N1CCN(C(=O)CNc2ccc(F)c(F)c2F)CC1. The van der Waals surface area contributed by atoms with Gasteiger partial charge in [0.1, 0.15) is 0 Å². The highest BCUT2D eigenvalue weighted by molar-refractivity contribution is 5.81. The number of rotatable bonds is 3. The lowest BCUT2D eigenvalue weighted by molar-refractivity contribution is -0.137. The second-order valence-corrected chi connectivity index (χ2v) is 4.96. The Balaban J connectivity index is 1.89. The fourth-order valence-electron chi connectivity index (χ4n) is 2.22. The molecule has 0 saturated carbocycles. The van der Waals surface area contributed by atoms with Crippen LogP contribution in [0.4, 0.5) is 18.9 Å². The van der Waals surface area contributed by atoms with Crippen LogP contribution in [0, 0.1) is 17.5 Å². The summed E-state index contributed by atoms with van der Waals surface area (Å²) in [5.41, 5.74) is -0.269. The number of carbonyl (C=O) groups excluding carboxylic acids is 2. The molecule has 8 heteroatoms. The zero-order valence-electron chi connectivity index (χ0n) is 12.0. The molecule has 1 aromatic carbocycles. The van der Waals surface area contributed by atoms with Crippen molar-refractivity contribution >= 4 is 17.5 Å². The van der Waals surface area contributed by atoms with Gasteiger partial charge in [-0.15, -0.1) is 0 Å². The van der Waals surface area contributed by atoms with Gasteiger partial charge in [-0.3, -0.25) is 9.59 Å². The molecule has 1 N–H and O–H groups in total. The second-order valence-electron chi connectivity index (χ2n) is 4.96. The van der Waals surface area contributed by atoms with E-state index in [2.05, 4.69) is 5.32 Å². The minimum Gasteiger partial charge on any atom is -0.374 e. The van der Waals surface area contributed by atoms with E-state index < -0.39 is 17.5 Å². The van der Waals surface area contributed by atoms with E-state index >= 15 is 0 Å². The summed E-state index contributed by atoms with van der Waals surface area (Å²) in [5.74, 6) is -4.56. The first-order chi connectivity index (χ1) is 10.4. The van der Waals surface area contributed by atoms with Gasteiger partial charge in [0.05, 0.1) is 12.2 Å². The lowest BCUT2D eigenvalue weighted by Crippen LogP contribution is -2.51. The highest BCUT2D eigenvalue weighted by Crippen LogP contribution is 2.19. The van der Waals surface area contributed by atoms with E-state index in [-0.39, 0.29) is 24.0 Å². The van der Waals surface area contributed by atoms with Crippen molar-refractivity contribution in [2.24, 2.45) is 0 Å². The van der Waals surface area contributed by atoms with Crippen molar-refractivity contribution in [2.45, 2.75) is 6.92 Å². The van der Waals surface area contributed by atoms with E-state index in [0.29, 0.717) is 26.2 Å². The summed E-state index contributed by atoms with van der Waals surface area (Å²) in [6, 6.07) is 1.82. The summed E-state index contributed by atoms with van der Waals surface area (Å²) in [7, 11) is 0. The molecule has 22 heavy (non-hydrogen) atoms. The Morgan fingerprint density at radius 2 is 1.64 bits per heavy atom. The van der Waals surface area contributed by atoms with Crippen LogP contribution in [0.3, 0.4) is 0 Å². The average Bonchev–Trinajstić information content (AvgIpc) is 2.51. The lowest BCUT2D eigenvalue weighted by Gasteiger charge is -2.34. The third-order valence-electron chi connectivity index (χ3n) is 3.54. The van der Waals surface area contributed by atoms with Crippen molar-refractivity contribution in [2.75, 3.05) is 38.0 Å². The fourth-order valence-corrected chi connectivity index (χ4v) is 2.22. The number of benzene rings is 1. The summed E-state index contributed by atoms with van der Waals surface area (Å²) >= 11 is 0. The Morgan fingerprint density at radius 1 is 1.05 bits per heavy atom. The second kappa shape index (κ2) is 6.67. The van der Waals surface area contributed by atoms with E-state index in [1.165, 1.54) is 11.8 Å². The predicted molar refractivity (Wildman–Crippen MR) is 73.6 cm³/mol. The zero-order chi connectivity index (χ0) is 16.3. The predicted octanol–water partition coefficient (Wildman–Crippen LogP) is 1.21. The van der Waals surface area contributed by atoms with E-state index in [4.69, 9.17) is 0 Å². The Labute approximate surface area is 125 Å². The zero-order valence-corrected chi connectivity index (χ0v) is 12.0. The number of anilines is 1. The van der Waals surface area contributed by atoms with Gasteiger partial charge in [0.25, 0.3) is 0 Å². The average molecular weight is 315 g/mol. The summed E-state index contributed by atoms with van der Waals surface area (Å²) in [6.07, 6.45) is 0. The van der Waals surface area contributed by atoms with Gasteiger partial charge in [0, 0.05) is 33.1 Å². The first kappa shape index (κ1) is 16.1. The third kappa shape index (κ3) is 3.49. The van der Waals surface area contributed by atoms with E-state index in [9.17, 15) is 22.8 Å². The van der Waals surface area contributed by atoms with Gasteiger partial charge < -0.3 is 15.1 Å². The van der Waals surface area contributed by atoms with Crippen molar-refractivity contribution in [3.05, 3.63) is 29.6 Å². The van der Waals surface area contributed by atoms with Crippen molar-refractivity contribution in [1.82, 2.24) is 9.80 Å². The van der Waals surface area contributed by atoms with Gasteiger partial charge in [-0.25, -0.2) is 13.2 Å². The number of halogens is 3. The van der Waals surface area contributed by atoms with Crippen LogP contribution in [-0.2, 0) is 9.59 Å². The molecule has 1 aliphatic heterocycles.